The minimum Gasteiger partial charge on any atom is -0.158 e. The zero-order valence-corrected chi connectivity index (χ0v) is 19.6. The quantitative estimate of drug-likeness (QED) is 0.195. The third-order valence-corrected chi connectivity index (χ3v) is 5.29. The summed E-state index contributed by atoms with van der Waals surface area (Å²) in [4.78, 5) is 0. The topological polar surface area (TPSA) is 49.4 Å². The van der Waals surface area contributed by atoms with Crippen LogP contribution in [0.3, 0.4) is 0 Å². The Kier molecular flexibility index (Phi) is 8.12. The van der Waals surface area contributed by atoms with E-state index in [1.807, 2.05) is 109 Å². The van der Waals surface area contributed by atoms with E-state index < -0.39 is 0 Å². The minimum absolute atomic E-state index is 0.602. The van der Waals surface area contributed by atoms with E-state index >= 15 is 0 Å². The first-order valence-corrected chi connectivity index (χ1v) is 11.3. The summed E-state index contributed by atoms with van der Waals surface area (Å²) in [7, 11) is 0. The summed E-state index contributed by atoms with van der Waals surface area (Å²) in [5.74, 6) is 0. The van der Waals surface area contributed by atoms with Crippen LogP contribution in [-0.4, -0.2) is 23.9 Å². The maximum absolute atomic E-state index is 5.98. The van der Waals surface area contributed by atoms with E-state index in [0.717, 1.165) is 22.3 Å². The van der Waals surface area contributed by atoms with E-state index in [-0.39, 0.29) is 0 Å². The van der Waals surface area contributed by atoms with Crippen LogP contribution in [0.1, 0.15) is 22.3 Å². The van der Waals surface area contributed by atoms with Gasteiger partial charge < -0.3 is 0 Å². The van der Waals surface area contributed by atoms with Crippen LogP contribution in [0.4, 0.5) is 0 Å². The van der Waals surface area contributed by atoms with Gasteiger partial charge in [-0.3, -0.25) is 0 Å². The van der Waals surface area contributed by atoms with Crippen LogP contribution >= 0.6 is 23.2 Å². The number of hydrogen-bond donors (Lipinski definition) is 0. The predicted octanol–water partition coefficient (Wildman–Crippen LogP) is 7.34. The lowest BCUT2D eigenvalue weighted by Crippen LogP contribution is -2.17. The first kappa shape index (κ1) is 23.3. The van der Waals surface area contributed by atoms with Gasteiger partial charge in [0.2, 0.25) is 0 Å². The van der Waals surface area contributed by atoms with Gasteiger partial charge in [0, 0.05) is 21.2 Å². The van der Waals surface area contributed by atoms with Crippen LogP contribution in [0.2, 0.25) is 10.0 Å². The molecule has 0 aromatic heterocycles. The normalized spacial score (nSPS) is 12.5. The molecule has 0 aliphatic heterocycles. The van der Waals surface area contributed by atoms with Crippen LogP contribution in [0.25, 0.3) is 0 Å². The molecule has 4 aromatic carbocycles. The van der Waals surface area contributed by atoms with Gasteiger partial charge in [0.1, 0.15) is 11.4 Å². The van der Waals surface area contributed by atoms with Crippen LogP contribution in [-0.2, 0) is 0 Å². The summed E-state index contributed by atoms with van der Waals surface area (Å²) in [5.41, 5.74) is 4.73. The number of nitrogens with zero attached hydrogens (tertiary/aromatic N) is 4. The smallest absolute Gasteiger partial charge is 0.121 e. The molecule has 34 heavy (non-hydrogen) atoms. The van der Waals surface area contributed by atoms with E-state index in [1.165, 1.54) is 0 Å². The summed E-state index contributed by atoms with van der Waals surface area (Å²) in [6, 6.07) is 34.4. The van der Waals surface area contributed by atoms with Crippen LogP contribution < -0.4 is 0 Å². The monoisotopic (exact) mass is 482 g/mol. The standard InChI is InChI=1S/C28H20Cl2N4/c29-25-15-11-21(12-16-25)19-31-33-27(23-7-3-1-4-8-23)28(24-9-5-2-6-10-24)34-32-20-22-13-17-26(30)18-14-22/h1-20H/b31-19+,32-20+,33-27-,34-28-. The van der Waals surface area contributed by atoms with Gasteiger partial charge in [0.05, 0.1) is 12.4 Å². The second-order valence-electron chi connectivity index (χ2n) is 7.22. The zero-order valence-electron chi connectivity index (χ0n) is 18.1. The van der Waals surface area contributed by atoms with Crippen molar-refractivity contribution in [2.24, 2.45) is 20.4 Å². The lowest BCUT2D eigenvalue weighted by atomic mass is 10.00. The Bertz CT molecular complexity index is 1220. The number of rotatable bonds is 7. The highest BCUT2D eigenvalue weighted by Gasteiger charge is 2.14. The fourth-order valence-electron chi connectivity index (χ4n) is 3.08. The van der Waals surface area contributed by atoms with Crippen molar-refractivity contribution in [3.05, 3.63) is 141 Å². The van der Waals surface area contributed by atoms with Crippen molar-refractivity contribution in [2.75, 3.05) is 0 Å². The number of halogens is 2. The summed E-state index contributed by atoms with van der Waals surface area (Å²) < 4.78 is 0. The average Bonchev–Trinajstić information content (AvgIpc) is 2.88. The molecule has 0 unspecified atom stereocenters. The molecular weight excluding hydrogens is 463 g/mol. The maximum atomic E-state index is 5.98. The van der Waals surface area contributed by atoms with Gasteiger partial charge in [0.15, 0.2) is 0 Å². The molecule has 0 spiro atoms. The molecule has 0 aliphatic carbocycles. The molecule has 0 heterocycles. The van der Waals surface area contributed by atoms with Gasteiger partial charge in [-0.1, -0.05) is 108 Å². The van der Waals surface area contributed by atoms with Gasteiger partial charge in [-0.25, -0.2) is 0 Å². The van der Waals surface area contributed by atoms with Crippen molar-refractivity contribution in [1.29, 1.82) is 0 Å². The molecule has 6 heteroatoms. The van der Waals surface area contributed by atoms with Crippen molar-refractivity contribution < 1.29 is 0 Å². The molecule has 0 atom stereocenters. The van der Waals surface area contributed by atoms with Gasteiger partial charge in [-0.2, -0.15) is 10.2 Å². The summed E-state index contributed by atoms with van der Waals surface area (Å²) in [6.07, 6.45) is 3.36. The molecule has 4 aromatic rings. The van der Waals surface area contributed by atoms with Crippen molar-refractivity contribution >= 4 is 47.1 Å². The van der Waals surface area contributed by atoms with E-state index in [1.54, 1.807) is 12.4 Å². The average molecular weight is 483 g/mol. The second kappa shape index (κ2) is 11.8. The molecule has 166 valence electrons. The minimum atomic E-state index is 0.602. The molecule has 0 saturated heterocycles. The highest BCUT2D eigenvalue weighted by atomic mass is 35.5. The fourth-order valence-corrected chi connectivity index (χ4v) is 3.33. The molecular formula is C28H20Cl2N4. The predicted molar refractivity (Wildman–Crippen MR) is 144 cm³/mol. The van der Waals surface area contributed by atoms with Crippen molar-refractivity contribution in [3.8, 4) is 0 Å². The second-order valence-corrected chi connectivity index (χ2v) is 8.09. The van der Waals surface area contributed by atoms with E-state index in [0.29, 0.717) is 21.5 Å². The SMILES string of the molecule is Clc1ccc(/C=N/N=C(\C(=N/N=C/c2ccc(Cl)cc2)c2ccccc2)c2ccccc2)cc1. The lowest BCUT2D eigenvalue weighted by Gasteiger charge is -2.08. The Balaban J connectivity index is 1.76. The van der Waals surface area contributed by atoms with E-state index in [2.05, 4.69) is 20.4 Å². The van der Waals surface area contributed by atoms with Gasteiger partial charge in [-0.15, -0.1) is 10.2 Å². The molecule has 0 saturated carbocycles. The van der Waals surface area contributed by atoms with Gasteiger partial charge in [-0.05, 0) is 35.4 Å². The summed E-state index contributed by atoms with van der Waals surface area (Å²) >= 11 is 12.0. The molecule has 4 nitrogen and oxygen atoms in total. The molecule has 0 amide bonds. The third kappa shape index (κ3) is 6.58. The van der Waals surface area contributed by atoms with Gasteiger partial charge >= 0.3 is 0 Å². The maximum Gasteiger partial charge on any atom is 0.121 e. The van der Waals surface area contributed by atoms with Crippen LogP contribution in [0.15, 0.2) is 130 Å². The molecule has 0 N–H and O–H groups in total. The Labute approximate surface area is 208 Å². The molecule has 4 rings (SSSR count). The largest absolute Gasteiger partial charge is 0.158 e. The summed E-state index contributed by atoms with van der Waals surface area (Å²) in [5, 5.41) is 19.1. The van der Waals surface area contributed by atoms with Crippen molar-refractivity contribution in [1.82, 2.24) is 0 Å². The molecule has 0 radical (unpaired) electrons. The summed E-state index contributed by atoms with van der Waals surface area (Å²) in [6.45, 7) is 0. The Morgan fingerprint density at radius 1 is 0.471 bits per heavy atom. The Morgan fingerprint density at radius 3 is 1.18 bits per heavy atom. The Hall–Kier alpha value is -3.86. The molecule has 0 fully saturated rings. The lowest BCUT2D eigenvalue weighted by molar-refractivity contribution is 1.23. The van der Waals surface area contributed by atoms with Crippen LogP contribution in [0.5, 0.6) is 0 Å². The Morgan fingerprint density at radius 2 is 0.824 bits per heavy atom. The molecule has 0 aliphatic rings. The number of hydrogen-bond acceptors (Lipinski definition) is 4. The van der Waals surface area contributed by atoms with Crippen LogP contribution in [0, 0.1) is 0 Å². The highest BCUT2D eigenvalue weighted by Crippen LogP contribution is 2.13. The highest BCUT2D eigenvalue weighted by molar-refractivity contribution is 6.53. The first-order chi connectivity index (χ1) is 16.7. The van der Waals surface area contributed by atoms with Gasteiger partial charge in [0.25, 0.3) is 0 Å². The molecule has 0 bridgehead atoms. The third-order valence-electron chi connectivity index (χ3n) is 4.79. The first-order valence-electron chi connectivity index (χ1n) is 10.5. The van der Waals surface area contributed by atoms with E-state index in [9.17, 15) is 0 Å². The van der Waals surface area contributed by atoms with Crippen molar-refractivity contribution in [2.45, 2.75) is 0 Å². The zero-order chi connectivity index (χ0) is 23.6. The van der Waals surface area contributed by atoms with Crippen molar-refractivity contribution in [3.63, 3.8) is 0 Å². The number of benzene rings is 4. The van der Waals surface area contributed by atoms with E-state index in [4.69, 9.17) is 23.2 Å². The fraction of sp³-hybridized carbons (Fsp3) is 0.